The van der Waals surface area contributed by atoms with Gasteiger partial charge in [0.2, 0.25) is 11.7 Å². The molecule has 3 heterocycles. The largest absolute Gasteiger partial charge is 0.497 e. The zero-order valence-electron chi connectivity index (χ0n) is 18.7. The van der Waals surface area contributed by atoms with Gasteiger partial charge in [0.1, 0.15) is 17.3 Å². The van der Waals surface area contributed by atoms with Crippen LogP contribution in [0.3, 0.4) is 0 Å². The number of amides is 2. The van der Waals surface area contributed by atoms with Crippen LogP contribution in [-0.2, 0) is 0 Å². The summed E-state index contributed by atoms with van der Waals surface area (Å²) in [7, 11) is 3.15. The van der Waals surface area contributed by atoms with Crippen LogP contribution in [0.5, 0.6) is 11.5 Å². The molecule has 0 unspecified atom stereocenters. The highest BCUT2D eigenvalue weighted by atomic mass is 16.5. The Balaban J connectivity index is 1.17. The van der Waals surface area contributed by atoms with Gasteiger partial charge in [-0.05, 0) is 25.0 Å². The maximum Gasteiger partial charge on any atom is 0.321 e. The molecule has 5 rings (SSSR count). The molecule has 10 nitrogen and oxygen atoms in total. The molecule has 2 aliphatic rings. The van der Waals surface area contributed by atoms with Crippen molar-refractivity contribution >= 4 is 17.5 Å². The first-order valence-corrected chi connectivity index (χ1v) is 11.0. The van der Waals surface area contributed by atoms with E-state index in [1.54, 1.807) is 43.5 Å². The summed E-state index contributed by atoms with van der Waals surface area (Å²) in [5.41, 5.74) is 1.46. The zero-order chi connectivity index (χ0) is 22.8. The number of carbonyl (C=O) groups excluding carboxylic acids is 1. The second-order valence-electron chi connectivity index (χ2n) is 8.14. The van der Waals surface area contributed by atoms with E-state index < -0.39 is 0 Å². The maximum absolute atomic E-state index is 12.7. The summed E-state index contributed by atoms with van der Waals surface area (Å²) in [4.78, 5) is 25.7. The molecule has 1 saturated heterocycles. The van der Waals surface area contributed by atoms with Crippen molar-refractivity contribution in [1.29, 1.82) is 0 Å². The van der Waals surface area contributed by atoms with Crippen LogP contribution in [0.25, 0.3) is 11.4 Å². The molecule has 2 fully saturated rings. The van der Waals surface area contributed by atoms with Crippen LogP contribution in [0.2, 0.25) is 0 Å². The minimum atomic E-state index is -0.156. The number of methoxy groups -OCH3 is 2. The first-order chi connectivity index (χ1) is 16.1. The Morgan fingerprint density at radius 3 is 2.39 bits per heavy atom. The molecule has 3 aromatic rings. The molecular formula is C23H26N6O4. The molecule has 1 N–H and O–H groups in total. The monoisotopic (exact) mass is 450 g/mol. The number of nitrogens with one attached hydrogen (secondary N) is 1. The fourth-order valence-corrected chi connectivity index (χ4v) is 3.77. The number of hydrogen-bond donors (Lipinski definition) is 1. The first-order valence-electron chi connectivity index (χ1n) is 11.0. The van der Waals surface area contributed by atoms with E-state index in [4.69, 9.17) is 14.0 Å². The van der Waals surface area contributed by atoms with E-state index in [0.29, 0.717) is 55.1 Å². The predicted molar refractivity (Wildman–Crippen MR) is 122 cm³/mol. The molecule has 0 atom stereocenters. The summed E-state index contributed by atoms with van der Waals surface area (Å²) in [5.74, 6) is 3.82. The molecule has 1 aliphatic carbocycles. The third-order valence-electron chi connectivity index (χ3n) is 5.87. The van der Waals surface area contributed by atoms with Gasteiger partial charge in [-0.1, -0.05) is 5.16 Å². The van der Waals surface area contributed by atoms with E-state index in [2.05, 4.69) is 25.3 Å². The van der Waals surface area contributed by atoms with E-state index in [9.17, 15) is 4.79 Å². The van der Waals surface area contributed by atoms with Crippen molar-refractivity contribution in [2.45, 2.75) is 18.8 Å². The second kappa shape index (κ2) is 8.97. The zero-order valence-corrected chi connectivity index (χ0v) is 18.7. The molecule has 1 aliphatic heterocycles. The number of pyridine rings is 1. The predicted octanol–water partition coefficient (Wildman–Crippen LogP) is 3.38. The molecule has 0 spiro atoms. The maximum atomic E-state index is 12.7. The van der Waals surface area contributed by atoms with Crippen molar-refractivity contribution in [2.75, 3.05) is 50.6 Å². The van der Waals surface area contributed by atoms with E-state index in [1.165, 1.54) is 0 Å². The Bertz CT molecular complexity index is 1100. The normalized spacial score (nSPS) is 15.9. The number of urea groups is 1. The van der Waals surface area contributed by atoms with Gasteiger partial charge in [0.15, 0.2) is 0 Å². The molecule has 1 saturated carbocycles. The summed E-state index contributed by atoms with van der Waals surface area (Å²) < 4.78 is 15.9. The molecule has 1 aromatic carbocycles. The summed E-state index contributed by atoms with van der Waals surface area (Å²) in [6.07, 6.45) is 4.01. The van der Waals surface area contributed by atoms with E-state index in [0.717, 1.165) is 30.1 Å². The molecule has 0 bridgehead atoms. The SMILES string of the molecule is COc1cc(NC(=O)N2CCN(c3ccc(-c4noc(C5CC5)n4)cn3)CC2)cc(OC)c1. The molecular weight excluding hydrogens is 424 g/mol. The van der Waals surface area contributed by atoms with Crippen LogP contribution in [0.1, 0.15) is 24.7 Å². The minimum absolute atomic E-state index is 0.156. The average molecular weight is 450 g/mol. The summed E-state index contributed by atoms with van der Waals surface area (Å²) in [6, 6.07) is 9.05. The number of anilines is 2. The van der Waals surface area contributed by atoms with E-state index >= 15 is 0 Å². The van der Waals surface area contributed by atoms with Crippen LogP contribution in [0.15, 0.2) is 41.1 Å². The smallest absolute Gasteiger partial charge is 0.321 e. The Labute approximate surface area is 191 Å². The average Bonchev–Trinajstić information content (AvgIpc) is 3.60. The molecule has 33 heavy (non-hydrogen) atoms. The van der Waals surface area contributed by atoms with Crippen LogP contribution in [0, 0.1) is 0 Å². The molecule has 10 heteroatoms. The van der Waals surface area contributed by atoms with Crippen molar-refractivity contribution < 1.29 is 18.8 Å². The van der Waals surface area contributed by atoms with Crippen molar-refractivity contribution in [3.8, 4) is 22.9 Å². The Morgan fingerprint density at radius 1 is 1.06 bits per heavy atom. The summed E-state index contributed by atoms with van der Waals surface area (Å²) in [5, 5.41) is 6.99. The highest BCUT2D eigenvalue weighted by Gasteiger charge is 2.30. The number of rotatable bonds is 6. The van der Waals surface area contributed by atoms with Gasteiger partial charge >= 0.3 is 6.03 Å². The van der Waals surface area contributed by atoms with Gasteiger partial charge in [0.25, 0.3) is 0 Å². The lowest BCUT2D eigenvalue weighted by molar-refractivity contribution is 0.208. The third kappa shape index (κ3) is 4.69. The molecule has 0 radical (unpaired) electrons. The van der Waals surface area contributed by atoms with Gasteiger partial charge < -0.3 is 29.1 Å². The van der Waals surface area contributed by atoms with Gasteiger partial charge in [-0.2, -0.15) is 4.98 Å². The number of benzene rings is 1. The van der Waals surface area contributed by atoms with Gasteiger partial charge in [0, 0.05) is 67.7 Å². The Morgan fingerprint density at radius 2 is 1.79 bits per heavy atom. The topological polar surface area (TPSA) is 106 Å². The Hall–Kier alpha value is -3.82. The lowest BCUT2D eigenvalue weighted by Crippen LogP contribution is -2.50. The number of nitrogens with zero attached hydrogens (tertiary/aromatic N) is 5. The number of carbonyl (C=O) groups is 1. The minimum Gasteiger partial charge on any atom is -0.497 e. The van der Waals surface area contributed by atoms with Crippen molar-refractivity contribution in [2.24, 2.45) is 0 Å². The Kier molecular flexibility index (Phi) is 5.72. The standard InChI is InChI=1S/C23H26N6O4/c1-31-18-11-17(12-19(13-18)32-2)25-23(30)29-9-7-28(8-10-29)20-6-5-16(14-24-20)21-26-22(33-27-21)15-3-4-15/h5-6,11-15H,3-4,7-10H2,1-2H3,(H,25,30). The van der Waals surface area contributed by atoms with Gasteiger partial charge in [-0.3, -0.25) is 0 Å². The van der Waals surface area contributed by atoms with E-state index in [1.807, 2.05) is 12.1 Å². The van der Waals surface area contributed by atoms with Crippen LogP contribution in [0.4, 0.5) is 16.3 Å². The van der Waals surface area contributed by atoms with Crippen LogP contribution >= 0.6 is 0 Å². The number of piperazine rings is 1. The van der Waals surface area contributed by atoms with Gasteiger partial charge in [-0.25, -0.2) is 9.78 Å². The van der Waals surface area contributed by atoms with E-state index in [-0.39, 0.29) is 6.03 Å². The quantitative estimate of drug-likeness (QED) is 0.609. The van der Waals surface area contributed by atoms with Crippen molar-refractivity contribution in [1.82, 2.24) is 20.0 Å². The first kappa shape index (κ1) is 21.0. The fraction of sp³-hybridized carbons (Fsp3) is 0.391. The number of hydrogen-bond acceptors (Lipinski definition) is 8. The highest BCUT2D eigenvalue weighted by molar-refractivity contribution is 5.90. The molecule has 172 valence electrons. The summed E-state index contributed by atoms with van der Waals surface area (Å²) in [6.45, 7) is 2.56. The van der Waals surface area contributed by atoms with Crippen LogP contribution < -0.4 is 19.7 Å². The highest BCUT2D eigenvalue weighted by Crippen LogP contribution is 2.39. The van der Waals surface area contributed by atoms with Crippen molar-refractivity contribution in [3.63, 3.8) is 0 Å². The number of aromatic nitrogens is 3. The van der Waals surface area contributed by atoms with Crippen LogP contribution in [-0.4, -0.2) is 66.5 Å². The fourth-order valence-electron chi connectivity index (χ4n) is 3.77. The van der Waals surface area contributed by atoms with Gasteiger partial charge in [0.05, 0.1) is 14.2 Å². The third-order valence-corrected chi connectivity index (χ3v) is 5.87. The summed E-state index contributed by atoms with van der Waals surface area (Å²) >= 11 is 0. The molecule has 2 amide bonds. The molecule has 2 aromatic heterocycles. The lowest BCUT2D eigenvalue weighted by atomic mass is 10.2. The van der Waals surface area contributed by atoms with Crippen molar-refractivity contribution in [3.05, 3.63) is 42.4 Å². The lowest BCUT2D eigenvalue weighted by Gasteiger charge is -2.35. The van der Waals surface area contributed by atoms with Gasteiger partial charge in [-0.15, -0.1) is 0 Å². The second-order valence-corrected chi connectivity index (χ2v) is 8.14. The number of ether oxygens (including phenoxy) is 2.